The molecule has 1 aliphatic carbocycles. The summed E-state index contributed by atoms with van der Waals surface area (Å²) in [6.45, 7) is 5.32. The Balaban J connectivity index is 2.76. The number of carbonyl (C=O) groups excluding carboxylic acids is 2. The minimum atomic E-state index is -0.563. The summed E-state index contributed by atoms with van der Waals surface area (Å²) in [5, 5.41) is 10.0. The number of ether oxygens (including phenoxy) is 1. The van der Waals surface area contributed by atoms with Crippen molar-refractivity contribution < 1.29 is 19.4 Å². The number of esters is 1. The summed E-state index contributed by atoms with van der Waals surface area (Å²) in [7, 11) is 0. The predicted molar refractivity (Wildman–Crippen MR) is 90.5 cm³/mol. The number of ketones is 1. The fourth-order valence-corrected chi connectivity index (χ4v) is 2.85. The van der Waals surface area contributed by atoms with Crippen LogP contribution in [0.4, 0.5) is 0 Å². The minimum Gasteiger partial charge on any atom is -0.507 e. The fraction of sp³-hybridized carbons (Fsp3) is 0.625. The zero-order valence-electron chi connectivity index (χ0n) is 12.8. The molecule has 0 saturated carbocycles. The second-order valence-electron chi connectivity index (χ2n) is 5.53. The van der Waals surface area contributed by atoms with Crippen molar-refractivity contribution in [3.05, 3.63) is 23.5 Å². The number of Topliss-reactive ketones (excluding diaryl/α,β-unsaturated/α-hetero) is 1. The zero-order valence-corrected chi connectivity index (χ0v) is 15.0. The standard InChI is InChI=1S/C16H23IO4/c1-4-5-6-7-8-13(19)12-10-16(3,17)15(9-14(12)20)21-11(2)18/h9-10,15,20H,4-8H2,1-3H3. The highest BCUT2D eigenvalue weighted by Crippen LogP contribution is 2.35. The van der Waals surface area contributed by atoms with Gasteiger partial charge in [0.2, 0.25) is 0 Å². The lowest BCUT2D eigenvalue weighted by atomic mass is 9.90. The zero-order chi connectivity index (χ0) is 16.0. The Morgan fingerprint density at radius 1 is 1.38 bits per heavy atom. The summed E-state index contributed by atoms with van der Waals surface area (Å²) in [5.74, 6) is -0.547. The molecule has 0 aromatic carbocycles. The molecule has 0 aromatic rings. The van der Waals surface area contributed by atoms with Crippen LogP contribution in [0.2, 0.25) is 0 Å². The highest BCUT2D eigenvalue weighted by Gasteiger charge is 2.37. The van der Waals surface area contributed by atoms with E-state index < -0.39 is 15.5 Å². The van der Waals surface area contributed by atoms with Gasteiger partial charge in [-0.25, -0.2) is 0 Å². The number of hydrogen-bond acceptors (Lipinski definition) is 4. The van der Waals surface area contributed by atoms with Gasteiger partial charge in [-0.15, -0.1) is 0 Å². The largest absolute Gasteiger partial charge is 0.507 e. The average Bonchev–Trinajstić information content (AvgIpc) is 2.38. The van der Waals surface area contributed by atoms with E-state index in [1.54, 1.807) is 6.08 Å². The number of aliphatic hydroxyl groups is 1. The van der Waals surface area contributed by atoms with E-state index >= 15 is 0 Å². The summed E-state index contributed by atoms with van der Waals surface area (Å²) in [5.41, 5.74) is 0.340. The molecule has 0 radical (unpaired) electrons. The SMILES string of the molecule is CCCCCCC(=O)C1=CC(C)(I)C(OC(C)=O)C=C1O. The normalized spacial score (nSPS) is 25.0. The summed E-state index contributed by atoms with van der Waals surface area (Å²) in [6.07, 6.45) is 7.14. The molecule has 4 nitrogen and oxygen atoms in total. The van der Waals surface area contributed by atoms with Gasteiger partial charge in [-0.1, -0.05) is 54.9 Å². The Morgan fingerprint density at radius 2 is 2.05 bits per heavy atom. The lowest BCUT2D eigenvalue weighted by Crippen LogP contribution is -2.37. The molecule has 2 unspecified atom stereocenters. The molecule has 0 bridgehead atoms. The third-order valence-electron chi connectivity index (χ3n) is 3.42. The first-order valence-electron chi connectivity index (χ1n) is 7.31. The number of alkyl halides is 1. The van der Waals surface area contributed by atoms with Gasteiger partial charge in [-0.2, -0.15) is 0 Å². The summed E-state index contributed by atoms with van der Waals surface area (Å²) in [6, 6.07) is 0. The number of carbonyl (C=O) groups is 2. The predicted octanol–water partition coefficient (Wildman–Crippen LogP) is 4.03. The Labute approximate surface area is 139 Å². The lowest BCUT2D eigenvalue weighted by Gasteiger charge is -2.31. The Bertz CT molecular complexity index is 463. The first-order chi connectivity index (χ1) is 9.77. The average molecular weight is 406 g/mol. The van der Waals surface area contributed by atoms with Crippen molar-refractivity contribution in [1.82, 2.24) is 0 Å². The molecule has 0 fully saturated rings. The van der Waals surface area contributed by atoms with Gasteiger partial charge in [0.15, 0.2) is 5.78 Å². The number of hydrogen-bond donors (Lipinski definition) is 1. The van der Waals surface area contributed by atoms with Crippen LogP contribution in [0.3, 0.4) is 0 Å². The van der Waals surface area contributed by atoms with E-state index in [2.05, 4.69) is 29.5 Å². The molecule has 21 heavy (non-hydrogen) atoms. The molecule has 0 heterocycles. The molecule has 1 aliphatic rings. The van der Waals surface area contributed by atoms with Crippen LogP contribution >= 0.6 is 22.6 Å². The van der Waals surface area contributed by atoms with Crippen LogP contribution < -0.4 is 0 Å². The van der Waals surface area contributed by atoms with E-state index in [1.165, 1.54) is 13.0 Å². The van der Waals surface area contributed by atoms with Gasteiger partial charge in [-0.05, 0) is 13.3 Å². The van der Waals surface area contributed by atoms with Crippen LogP contribution in [0.25, 0.3) is 0 Å². The molecule has 1 rings (SSSR count). The molecule has 0 aromatic heterocycles. The first kappa shape index (κ1) is 18.2. The van der Waals surface area contributed by atoms with E-state index in [9.17, 15) is 14.7 Å². The van der Waals surface area contributed by atoms with E-state index in [4.69, 9.17) is 4.74 Å². The van der Waals surface area contributed by atoms with Gasteiger partial charge in [-0.3, -0.25) is 9.59 Å². The van der Waals surface area contributed by atoms with Crippen LogP contribution in [0, 0.1) is 0 Å². The lowest BCUT2D eigenvalue weighted by molar-refractivity contribution is -0.144. The molecule has 2 atom stereocenters. The smallest absolute Gasteiger partial charge is 0.303 e. The first-order valence-corrected chi connectivity index (χ1v) is 8.39. The quantitative estimate of drug-likeness (QED) is 0.300. The van der Waals surface area contributed by atoms with Crippen molar-refractivity contribution in [2.24, 2.45) is 0 Å². The van der Waals surface area contributed by atoms with Crippen LogP contribution in [0.15, 0.2) is 23.5 Å². The molecule has 0 aliphatic heterocycles. The van der Waals surface area contributed by atoms with Crippen LogP contribution in [-0.2, 0) is 14.3 Å². The topological polar surface area (TPSA) is 63.6 Å². The highest BCUT2D eigenvalue weighted by molar-refractivity contribution is 14.1. The number of rotatable bonds is 7. The minimum absolute atomic E-state index is 0.0518. The third-order valence-corrected chi connectivity index (χ3v) is 4.34. The Morgan fingerprint density at radius 3 is 2.62 bits per heavy atom. The van der Waals surface area contributed by atoms with Crippen molar-refractivity contribution >= 4 is 34.3 Å². The van der Waals surface area contributed by atoms with Crippen molar-refractivity contribution in [1.29, 1.82) is 0 Å². The fourth-order valence-electron chi connectivity index (χ4n) is 2.23. The summed E-state index contributed by atoms with van der Waals surface area (Å²) < 4.78 is 4.64. The van der Waals surface area contributed by atoms with Crippen LogP contribution in [0.1, 0.15) is 52.9 Å². The number of unbranched alkanes of at least 4 members (excludes halogenated alkanes) is 3. The maximum absolute atomic E-state index is 12.2. The molecule has 118 valence electrons. The van der Waals surface area contributed by atoms with Crippen LogP contribution in [-0.4, -0.2) is 26.4 Å². The van der Waals surface area contributed by atoms with Gasteiger partial charge >= 0.3 is 5.97 Å². The highest BCUT2D eigenvalue weighted by atomic mass is 127. The molecule has 0 saturated heterocycles. The molecule has 1 N–H and O–H groups in total. The van der Waals surface area contributed by atoms with Crippen molar-refractivity contribution in [2.45, 2.75) is 62.4 Å². The summed E-state index contributed by atoms with van der Waals surface area (Å²) >= 11 is 2.13. The summed E-state index contributed by atoms with van der Waals surface area (Å²) in [4.78, 5) is 23.3. The van der Waals surface area contributed by atoms with E-state index in [1.807, 2.05) is 6.92 Å². The molecular weight excluding hydrogens is 383 g/mol. The van der Waals surface area contributed by atoms with E-state index in [-0.39, 0.29) is 11.5 Å². The second kappa shape index (κ2) is 7.96. The van der Waals surface area contributed by atoms with Crippen molar-refractivity contribution in [3.8, 4) is 0 Å². The van der Waals surface area contributed by atoms with Gasteiger partial charge < -0.3 is 9.84 Å². The second-order valence-corrected chi connectivity index (χ2v) is 7.85. The molecule has 5 heteroatoms. The Kier molecular flexibility index (Phi) is 6.90. The number of aliphatic hydroxyl groups excluding tert-OH is 1. The van der Waals surface area contributed by atoms with E-state index in [0.717, 1.165) is 25.7 Å². The van der Waals surface area contributed by atoms with E-state index in [0.29, 0.717) is 12.0 Å². The van der Waals surface area contributed by atoms with Gasteiger partial charge in [0.05, 0.1) is 8.99 Å². The number of halogens is 1. The van der Waals surface area contributed by atoms with Gasteiger partial charge in [0, 0.05) is 19.4 Å². The molecule has 0 spiro atoms. The maximum Gasteiger partial charge on any atom is 0.303 e. The Hall–Kier alpha value is -0.850. The molecular formula is C16H23IO4. The van der Waals surface area contributed by atoms with Gasteiger partial charge in [0.25, 0.3) is 0 Å². The van der Waals surface area contributed by atoms with Crippen molar-refractivity contribution in [2.75, 3.05) is 0 Å². The molecule has 0 amide bonds. The number of allylic oxidation sites excluding steroid dienone is 1. The van der Waals surface area contributed by atoms with Crippen molar-refractivity contribution in [3.63, 3.8) is 0 Å². The maximum atomic E-state index is 12.2. The van der Waals surface area contributed by atoms with Crippen LogP contribution in [0.5, 0.6) is 0 Å². The van der Waals surface area contributed by atoms with Gasteiger partial charge in [0.1, 0.15) is 11.9 Å². The third kappa shape index (κ3) is 5.45. The monoisotopic (exact) mass is 406 g/mol.